The van der Waals surface area contributed by atoms with Gasteiger partial charge in [-0.05, 0) is 80.3 Å². The summed E-state index contributed by atoms with van der Waals surface area (Å²) in [6.07, 6.45) is 2.08. The standard InChI is InChI=1S/C28H33FN6O6/c1-16-24(21(31-33(16)6)15-32(5)27(38)41-28(2,3)4)19-13-23(25(30-14-19)35(39)40)34-9-7-8-22(34)17-10-18(26(36)37)12-20(29)11-17/h10-14,22H,7-9,15H2,1-6H3,(H,36,37). The molecular formula is C28H33FN6O6. The van der Waals surface area contributed by atoms with Gasteiger partial charge in [0, 0.05) is 37.5 Å². The zero-order chi connectivity index (χ0) is 30.2. The fourth-order valence-electron chi connectivity index (χ4n) is 5.06. The number of ether oxygens (including phenoxy) is 1. The van der Waals surface area contributed by atoms with Gasteiger partial charge in [0.2, 0.25) is 0 Å². The number of pyridine rings is 1. The highest BCUT2D eigenvalue weighted by molar-refractivity contribution is 5.88. The molecule has 1 amide bonds. The molecule has 0 spiro atoms. The summed E-state index contributed by atoms with van der Waals surface area (Å²) >= 11 is 0. The fourth-order valence-corrected chi connectivity index (χ4v) is 5.06. The summed E-state index contributed by atoms with van der Waals surface area (Å²) in [4.78, 5) is 43.0. The first-order valence-corrected chi connectivity index (χ1v) is 13.1. The Bertz CT molecular complexity index is 1510. The number of aromatic carboxylic acids is 1. The van der Waals surface area contributed by atoms with Crippen LogP contribution in [-0.4, -0.2) is 61.0 Å². The zero-order valence-corrected chi connectivity index (χ0v) is 23.8. The van der Waals surface area contributed by atoms with Gasteiger partial charge >= 0.3 is 17.9 Å². The van der Waals surface area contributed by atoms with Gasteiger partial charge in [-0.2, -0.15) is 5.10 Å². The molecule has 12 nitrogen and oxygen atoms in total. The maximum Gasteiger partial charge on any atom is 0.410 e. The summed E-state index contributed by atoms with van der Waals surface area (Å²) in [5.41, 5.74) is 2.30. The number of hydrogen-bond acceptors (Lipinski definition) is 8. The molecule has 41 heavy (non-hydrogen) atoms. The van der Waals surface area contributed by atoms with E-state index in [1.54, 1.807) is 50.5 Å². The maximum absolute atomic E-state index is 14.4. The number of nitro groups is 1. The second-order valence-electron chi connectivity index (χ2n) is 11.1. The largest absolute Gasteiger partial charge is 0.478 e. The lowest BCUT2D eigenvalue weighted by atomic mass is 10.0. The molecular weight excluding hydrogens is 535 g/mol. The first kappa shape index (κ1) is 29.4. The molecule has 0 saturated carbocycles. The average Bonchev–Trinajstić information content (AvgIpc) is 3.46. The Kier molecular flexibility index (Phi) is 8.00. The Morgan fingerprint density at radius 1 is 1.27 bits per heavy atom. The van der Waals surface area contributed by atoms with Crippen LogP contribution in [0.2, 0.25) is 0 Å². The quantitative estimate of drug-likeness (QED) is 0.299. The normalized spacial score (nSPS) is 15.2. The molecule has 1 aliphatic rings. The van der Waals surface area contributed by atoms with Crippen molar-refractivity contribution in [2.45, 2.75) is 58.7 Å². The van der Waals surface area contributed by atoms with E-state index in [4.69, 9.17) is 4.74 Å². The number of halogens is 1. The van der Waals surface area contributed by atoms with E-state index >= 15 is 0 Å². The molecule has 0 aliphatic carbocycles. The van der Waals surface area contributed by atoms with Gasteiger partial charge < -0.3 is 29.8 Å². The van der Waals surface area contributed by atoms with Gasteiger partial charge in [-0.3, -0.25) is 4.68 Å². The summed E-state index contributed by atoms with van der Waals surface area (Å²) in [7, 11) is 3.36. The Balaban J connectivity index is 1.77. The van der Waals surface area contributed by atoms with Crippen molar-refractivity contribution in [3.8, 4) is 11.1 Å². The highest BCUT2D eigenvalue weighted by Crippen LogP contribution is 2.42. The van der Waals surface area contributed by atoms with Gasteiger partial charge in [0.1, 0.15) is 23.3 Å². The molecule has 1 aliphatic heterocycles. The summed E-state index contributed by atoms with van der Waals surface area (Å²) in [5, 5.41) is 26.1. The Morgan fingerprint density at radius 3 is 2.61 bits per heavy atom. The fraction of sp³-hybridized carbons (Fsp3) is 0.429. The molecule has 0 radical (unpaired) electrons. The number of carboxylic acid groups (broad SMARTS) is 1. The molecule has 1 fully saturated rings. The van der Waals surface area contributed by atoms with Crippen LogP contribution in [0.4, 0.5) is 20.7 Å². The molecule has 3 aromatic rings. The summed E-state index contributed by atoms with van der Waals surface area (Å²) in [6.45, 7) is 7.71. The number of anilines is 1. The van der Waals surface area contributed by atoms with E-state index in [-0.39, 0.29) is 23.6 Å². The first-order chi connectivity index (χ1) is 19.2. The van der Waals surface area contributed by atoms with Crippen molar-refractivity contribution in [2.75, 3.05) is 18.5 Å². The Labute approximate surface area is 236 Å². The van der Waals surface area contributed by atoms with E-state index in [9.17, 15) is 29.2 Å². The van der Waals surface area contributed by atoms with Crippen LogP contribution >= 0.6 is 0 Å². The van der Waals surface area contributed by atoms with Crippen molar-refractivity contribution in [1.29, 1.82) is 0 Å². The van der Waals surface area contributed by atoms with Gasteiger partial charge in [0.15, 0.2) is 0 Å². The van der Waals surface area contributed by atoms with Crippen molar-refractivity contribution < 1.29 is 28.7 Å². The lowest BCUT2D eigenvalue weighted by molar-refractivity contribution is -0.388. The van der Waals surface area contributed by atoms with Crippen molar-refractivity contribution in [3.05, 3.63) is 68.9 Å². The van der Waals surface area contributed by atoms with Crippen LogP contribution in [0.15, 0.2) is 30.5 Å². The zero-order valence-electron chi connectivity index (χ0n) is 23.8. The smallest absolute Gasteiger partial charge is 0.410 e. The second kappa shape index (κ2) is 11.1. The molecule has 1 aromatic carbocycles. The monoisotopic (exact) mass is 568 g/mol. The number of carbonyl (C=O) groups is 2. The summed E-state index contributed by atoms with van der Waals surface area (Å²) < 4.78 is 21.5. The van der Waals surface area contributed by atoms with Crippen molar-refractivity contribution in [2.24, 2.45) is 7.05 Å². The lowest BCUT2D eigenvalue weighted by Crippen LogP contribution is -2.34. The molecule has 3 heterocycles. The van der Waals surface area contributed by atoms with Crippen LogP contribution < -0.4 is 4.90 Å². The highest BCUT2D eigenvalue weighted by atomic mass is 19.1. The third kappa shape index (κ3) is 6.28. The topological polar surface area (TPSA) is 144 Å². The molecule has 1 saturated heterocycles. The van der Waals surface area contributed by atoms with E-state index in [2.05, 4.69) is 10.1 Å². The van der Waals surface area contributed by atoms with Gasteiger partial charge in [-0.15, -0.1) is 0 Å². The van der Waals surface area contributed by atoms with E-state index in [1.807, 2.05) is 6.92 Å². The van der Waals surface area contributed by atoms with Crippen LogP contribution in [-0.2, 0) is 18.3 Å². The SMILES string of the molecule is Cc1c(-c2cnc([N+](=O)[O-])c(N3CCCC3c3cc(F)cc(C(=O)O)c3)c2)c(CN(C)C(=O)OC(C)(C)C)nn1C. The predicted octanol–water partition coefficient (Wildman–Crippen LogP) is 5.24. The predicted molar refractivity (Wildman–Crippen MR) is 148 cm³/mol. The van der Waals surface area contributed by atoms with Crippen LogP contribution in [0.5, 0.6) is 0 Å². The van der Waals surface area contributed by atoms with Gasteiger partial charge in [-0.1, -0.05) is 0 Å². The van der Waals surface area contributed by atoms with Crippen LogP contribution in [0.3, 0.4) is 0 Å². The lowest BCUT2D eigenvalue weighted by Gasteiger charge is -2.27. The van der Waals surface area contributed by atoms with Crippen molar-refractivity contribution in [1.82, 2.24) is 19.7 Å². The minimum atomic E-state index is -1.26. The molecule has 2 aromatic heterocycles. The number of aromatic nitrogens is 3. The molecule has 218 valence electrons. The summed E-state index contributed by atoms with van der Waals surface area (Å²) in [5.74, 6) is -2.33. The van der Waals surface area contributed by atoms with Crippen LogP contribution in [0, 0.1) is 22.9 Å². The molecule has 4 rings (SSSR count). The number of benzene rings is 1. The van der Waals surface area contributed by atoms with Crippen LogP contribution in [0.25, 0.3) is 11.1 Å². The Morgan fingerprint density at radius 2 is 1.98 bits per heavy atom. The number of hydrogen-bond donors (Lipinski definition) is 1. The number of amides is 1. The number of rotatable bonds is 7. The van der Waals surface area contributed by atoms with Crippen LogP contribution in [0.1, 0.15) is 67.0 Å². The number of carbonyl (C=O) groups excluding carboxylic acids is 1. The van der Waals surface area contributed by atoms with Gasteiger partial charge in [-0.25, -0.2) is 14.0 Å². The number of carboxylic acids is 1. The minimum absolute atomic E-state index is 0.117. The van der Waals surface area contributed by atoms with E-state index in [0.29, 0.717) is 41.8 Å². The Hall–Kier alpha value is -4.55. The van der Waals surface area contributed by atoms with Gasteiger partial charge in [0.25, 0.3) is 0 Å². The van der Waals surface area contributed by atoms with Crippen molar-refractivity contribution >= 4 is 23.6 Å². The van der Waals surface area contributed by atoms with Gasteiger partial charge in [0.05, 0.1) is 23.8 Å². The van der Waals surface area contributed by atoms with E-state index < -0.39 is 34.4 Å². The van der Waals surface area contributed by atoms with E-state index in [1.165, 1.54) is 23.2 Å². The highest BCUT2D eigenvalue weighted by Gasteiger charge is 2.34. The average molecular weight is 569 g/mol. The molecule has 13 heteroatoms. The minimum Gasteiger partial charge on any atom is -0.478 e. The van der Waals surface area contributed by atoms with E-state index in [0.717, 1.165) is 11.8 Å². The molecule has 1 unspecified atom stereocenters. The molecule has 0 bridgehead atoms. The number of aryl methyl sites for hydroxylation is 1. The second-order valence-corrected chi connectivity index (χ2v) is 11.1. The third-order valence-corrected chi connectivity index (χ3v) is 6.92. The van der Waals surface area contributed by atoms with Crippen molar-refractivity contribution in [3.63, 3.8) is 0 Å². The first-order valence-electron chi connectivity index (χ1n) is 13.1. The molecule has 1 atom stereocenters. The molecule has 1 N–H and O–H groups in total. The summed E-state index contributed by atoms with van der Waals surface area (Å²) in [6, 6.07) is 4.76. The maximum atomic E-state index is 14.4. The third-order valence-electron chi connectivity index (χ3n) is 6.92. The number of nitrogens with zero attached hydrogens (tertiary/aromatic N) is 6.